The molecular formula is C37H23N3O5S. The minimum absolute atomic E-state index is 0.0194. The number of carbonyl (C=O) groups excluding carboxylic acids is 4. The Morgan fingerprint density at radius 3 is 2.11 bits per heavy atom. The number of rotatable bonds is 6. The number of benzene rings is 4. The molecule has 0 radical (unpaired) electrons. The van der Waals surface area contributed by atoms with Crippen molar-refractivity contribution in [1.82, 2.24) is 9.97 Å². The normalized spacial score (nSPS) is 15.7. The molecule has 2 amide bonds. The number of H-pyrrole nitrogens is 1. The van der Waals surface area contributed by atoms with Crippen LogP contribution in [0, 0.1) is 0 Å². The number of amides is 2. The van der Waals surface area contributed by atoms with Crippen molar-refractivity contribution < 1.29 is 19.2 Å². The Bertz CT molecular complexity index is 2290. The maximum Gasteiger partial charge on any atom is 0.266 e. The number of imide groups is 1. The van der Waals surface area contributed by atoms with Crippen molar-refractivity contribution in [3.8, 4) is 0 Å². The van der Waals surface area contributed by atoms with Crippen LogP contribution in [0.5, 0.6) is 0 Å². The summed E-state index contributed by atoms with van der Waals surface area (Å²) in [5.41, 5.74) is 3.30. The van der Waals surface area contributed by atoms with E-state index in [1.54, 1.807) is 54.6 Å². The van der Waals surface area contributed by atoms with Gasteiger partial charge in [-0.1, -0.05) is 36.4 Å². The van der Waals surface area contributed by atoms with Crippen LogP contribution < -0.4 is 10.5 Å². The van der Waals surface area contributed by atoms with Gasteiger partial charge in [0.2, 0.25) is 0 Å². The van der Waals surface area contributed by atoms with Gasteiger partial charge in [-0.25, -0.2) is 9.88 Å². The number of nitrogens with one attached hydrogen (secondary N) is 1. The first-order valence-electron chi connectivity index (χ1n) is 14.7. The lowest BCUT2D eigenvalue weighted by Gasteiger charge is -2.14. The van der Waals surface area contributed by atoms with Gasteiger partial charge in [-0.2, -0.15) is 0 Å². The van der Waals surface area contributed by atoms with Crippen LogP contribution in [0.3, 0.4) is 0 Å². The van der Waals surface area contributed by atoms with Gasteiger partial charge in [-0.15, -0.1) is 18.3 Å². The molecule has 5 aromatic rings. The van der Waals surface area contributed by atoms with Gasteiger partial charge in [0.1, 0.15) is 11.7 Å². The van der Waals surface area contributed by atoms with Gasteiger partial charge in [-0.05, 0) is 82.9 Å². The van der Waals surface area contributed by atoms with E-state index in [0.717, 1.165) is 27.4 Å². The largest absolute Gasteiger partial charge is 0.309 e. The molecule has 8 rings (SSSR count). The Kier molecular flexibility index (Phi) is 6.33. The van der Waals surface area contributed by atoms with Gasteiger partial charge >= 0.3 is 0 Å². The first kappa shape index (κ1) is 27.8. The molecule has 0 saturated carbocycles. The average Bonchev–Trinajstić information content (AvgIpc) is 3.75. The SMILES string of the molecule is C=CCSc1ccc2nc(C3C(=O)c4cc5cc6c(cc5cc4C3=O)C(=O)N(c3ccc(C4=CCC=C4)cc3)C6=O)[nH]c(=O)c2c1. The van der Waals surface area contributed by atoms with Gasteiger partial charge in [-0.3, -0.25) is 24.0 Å². The second-order valence-corrected chi connectivity index (χ2v) is 12.4. The van der Waals surface area contributed by atoms with Gasteiger partial charge in [0.05, 0.1) is 27.7 Å². The number of hydrogen-bond donors (Lipinski definition) is 1. The molecule has 2 heterocycles. The standard InChI is InChI=1S/C37H23N3O5S/c1-2-13-46-24-11-12-30-29(18-24)35(43)39-34(38-30)31-32(41)25-14-21-16-27-28(17-22(21)15-26(25)33(31)42)37(45)40(36(27)44)23-9-7-20(8-10-23)19-5-3-4-6-19/h2-3,5-12,14-18,31H,1,4,13H2,(H,38,39,43). The van der Waals surface area contributed by atoms with Crippen LogP contribution in [0.2, 0.25) is 0 Å². The molecule has 46 heavy (non-hydrogen) atoms. The summed E-state index contributed by atoms with van der Waals surface area (Å²) in [6, 6.07) is 18.9. The number of hydrogen-bond acceptors (Lipinski definition) is 7. The molecule has 3 aliphatic rings. The third-order valence-electron chi connectivity index (χ3n) is 8.60. The molecule has 9 heteroatoms. The summed E-state index contributed by atoms with van der Waals surface area (Å²) >= 11 is 1.52. The minimum Gasteiger partial charge on any atom is -0.309 e. The zero-order chi connectivity index (χ0) is 31.7. The zero-order valence-electron chi connectivity index (χ0n) is 24.2. The van der Waals surface area contributed by atoms with Gasteiger partial charge in [0, 0.05) is 21.8 Å². The first-order valence-corrected chi connectivity index (χ1v) is 15.6. The highest BCUT2D eigenvalue weighted by Gasteiger charge is 2.43. The minimum atomic E-state index is -1.30. The predicted molar refractivity (Wildman–Crippen MR) is 178 cm³/mol. The van der Waals surface area contributed by atoms with Gasteiger partial charge in [0.15, 0.2) is 11.6 Å². The Morgan fingerprint density at radius 1 is 0.848 bits per heavy atom. The van der Waals surface area contributed by atoms with Crippen molar-refractivity contribution in [2.75, 3.05) is 10.7 Å². The fourth-order valence-corrected chi connectivity index (χ4v) is 7.03. The van der Waals surface area contributed by atoms with E-state index in [1.807, 2.05) is 24.3 Å². The molecule has 4 aromatic carbocycles. The summed E-state index contributed by atoms with van der Waals surface area (Å²) in [5, 5.41) is 1.44. The highest BCUT2D eigenvalue weighted by atomic mass is 32.2. The van der Waals surface area contributed by atoms with E-state index >= 15 is 0 Å². The van der Waals surface area contributed by atoms with E-state index < -0.39 is 34.9 Å². The average molecular weight is 622 g/mol. The first-order chi connectivity index (χ1) is 22.3. The Morgan fingerprint density at radius 2 is 1.50 bits per heavy atom. The molecule has 8 nitrogen and oxygen atoms in total. The van der Waals surface area contributed by atoms with Crippen LogP contribution in [-0.4, -0.2) is 39.1 Å². The van der Waals surface area contributed by atoms with Crippen molar-refractivity contribution in [3.05, 3.63) is 142 Å². The third-order valence-corrected chi connectivity index (χ3v) is 9.59. The Hall–Kier alpha value is -5.67. The lowest BCUT2D eigenvalue weighted by molar-refractivity contribution is 0.0880. The second-order valence-electron chi connectivity index (χ2n) is 11.3. The number of aromatic amines is 1. The summed E-state index contributed by atoms with van der Waals surface area (Å²) in [4.78, 5) is 76.5. The third kappa shape index (κ3) is 4.23. The van der Waals surface area contributed by atoms with Crippen LogP contribution in [0.1, 0.15) is 65.2 Å². The molecule has 1 aromatic heterocycles. The van der Waals surface area contributed by atoms with E-state index in [1.165, 1.54) is 11.8 Å². The molecule has 2 aliphatic carbocycles. The summed E-state index contributed by atoms with van der Waals surface area (Å²) < 4.78 is 0. The Labute approximate surface area is 266 Å². The number of thioether (sulfide) groups is 1. The van der Waals surface area contributed by atoms with Crippen molar-refractivity contribution in [2.24, 2.45) is 0 Å². The fourth-order valence-electron chi connectivity index (χ4n) is 6.35. The highest BCUT2D eigenvalue weighted by molar-refractivity contribution is 7.99. The van der Waals surface area contributed by atoms with E-state index in [2.05, 4.69) is 28.7 Å². The topological polar surface area (TPSA) is 117 Å². The zero-order valence-corrected chi connectivity index (χ0v) is 25.0. The molecule has 0 atom stereocenters. The fraction of sp³-hybridized carbons (Fsp3) is 0.0811. The molecule has 0 spiro atoms. The molecule has 1 aliphatic heterocycles. The summed E-state index contributed by atoms with van der Waals surface area (Å²) in [6.45, 7) is 3.71. The Balaban J connectivity index is 1.13. The summed E-state index contributed by atoms with van der Waals surface area (Å²) in [7, 11) is 0. The van der Waals surface area contributed by atoms with Crippen molar-refractivity contribution in [3.63, 3.8) is 0 Å². The van der Waals surface area contributed by atoms with E-state index in [4.69, 9.17) is 0 Å². The number of allylic oxidation sites excluding steroid dienone is 4. The highest BCUT2D eigenvalue weighted by Crippen LogP contribution is 2.38. The molecule has 0 saturated heterocycles. The summed E-state index contributed by atoms with van der Waals surface area (Å²) in [6.07, 6.45) is 8.85. The van der Waals surface area contributed by atoms with E-state index in [-0.39, 0.29) is 28.1 Å². The number of Topliss-reactive ketones (excluding diaryl/α,β-unsaturated/α-hetero) is 2. The lowest BCUT2D eigenvalue weighted by Crippen LogP contribution is -2.29. The molecule has 222 valence electrons. The number of fused-ring (bicyclic) bond motifs is 4. The van der Waals surface area contributed by atoms with Crippen molar-refractivity contribution in [1.29, 1.82) is 0 Å². The van der Waals surface area contributed by atoms with Crippen LogP contribution in [0.15, 0.2) is 107 Å². The van der Waals surface area contributed by atoms with Crippen molar-refractivity contribution >= 4 is 68.1 Å². The van der Waals surface area contributed by atoms with Crippen LogP contribution in [0.4, 0.5) is 5.69 Å². The predicted octanol–water partition coefficient (Wildman–Crippen LogP) is 6.66. The molecule has 0 bridgehead atoms. The number of anilines is 1. The molecule has 0 fully saturated rings. The molecular weight excluding hydrogens is 598 g/mol. The monoisotopic (exact) mass is 621 g/mol. The molecule has 0 unspecified atom stereocenters. The lowest BCUT2D eigenvalue weighted by atomic mass is 9.98. The molecule has 1 N–H and O–H groups in total. The van der Waals surface area contributed by atoms with Gasteiger partial charge < -0.3 is 4.98 Å². The number of nitrogens with zero attached hydrogens (tertiary/aromatic N) is 2. The number of aromatic nitrogens is 2. The number of ketones is 2. The maximum absolute atomic E-state index is 13.6. The second kappa shape index (κ2) is 10.5. The smallest absolute Gasteiger partial charge is 0.266 e. The quantitative estimate of drug-likeness (QED) is 0.0975. The maximum atomic E-state index is 13.6. The van der Waals surface area contributed by atoms with Crippen LogP contribution in [-0.2, 0) is 0 Å². The number of carbonyl (C=O) groups is 4. The van der Waals surface area contributed by atoms with Crippen LogP contribution >= 0.6 is 11.8 Å². The van der Waals surface area contributed by atoms with Crippen molar-refractivity contribution in [2.45, 2.75) is 17.2 Å². The van der Waals surface area contributed by atoms with Gasteiger partial charge in [0.25, 0.3) is 17.4 Å². The van der Waals surface area contributed by atoms with E-state index in [0.29, 0.717) is 33.1 Å². The summed E-state index contributed by atoms with van der Waals surface area (Å²) in [5.74, 6) is -2.53. The van der Waals surface area contributed by atoms with Crippen LogP contribution in [0.25, 0.3) is 27.2 Å². The van der Waals surface area contributed by atoms with E-state index in [9.17, 15) is 24.0 Å².